The van der Waals surface area contributed by atoms with Crippen LogP contribution < -0.4 is 5.32 Å². The molecule has 0 saturated heterocycles. The molecule has 0 unspecified atom stereocenters. The van der Waals surface area contributed by atoms with E-state index in [0.717, 1.165) is 0 Å². The van der Waals surface area contributed by atoms with Gasteiger partial charge in [0.2, 0.25) is 0 Å². The van der Waals surface area contributed by atoms with Crippen LogP contribution in [0, 0.1) is 18.6 Å². The van der Waals surface area contributed by atoms with E-state index in [0.29, 0.717) is 15.7 Å². The van der Waals surface area contributed by atoms with Crippen molar-refractivity contribution in [3.05, 3.63) is 52.1 Å². The van der Waals surface area contributed by atoms with E-state index in [2.05, 4.69) is 26.2 Å². The van der Waals surface area contributed by atoms with Crippen LogP contribution in [-0.4, -0.2) is 4.98 Å². The second-order valence-corrected chi connectivity index (χ2v) is 4.49. The molecule has 2 nitrogen and oxygen atoms in total. The highest BCUT2D eigenvalue weighted by Gasteiger charge is 2.05. The lowest BCUT2D eigenvalue weighted by Gasteiger charge is -2.07. The molecule has 0 amide bonds. The van der Waals surface area contributed by atoms with Gasteiger partial charge in [0.1, 0.15) is 5.82 Å². The number of nitrogens with one attached hydrogen (secondary N) is 1. The highest BCUT2D eigenvalue weighted by molar-refractivity contribution is 9.10. The number of benzene rings is 1. The second kappa shape index (κ2) is 4.79. The number of aromatic nitrogens is 1. The van der Waals surface area contributed by atoms with E-state index < -0.39 is 5.82 Å². The monoisotopic (exact) mass is 298 g/mol. The molecule has 88 valence electrons. The first-order valence-electron chi connectivity index (χ1n) is 4.90. The van der Waals surface area contributed by atoms with Crippen LogP contribution in [0.15, 0.2) is 34.9 Å². The van der Waals surface area contributed by atoms with Gasteiger partial charge in [0.25, 0.3) is 0 Å². The molecule has 0 aliphatic rings. The summed E-state index contributed by atoms with van der Waals surface area (Å²) in [6.07, 6.45) is 1.49. The lowest BCUT2D eigenvalue weighted by atomic mass is 10.2. The van der Waals surface area contributed by atoms with Gasteiger partial charge in [-0.05, 0) is 52.7 Å². The Morgan fingerprint density at radius 3 is 2.59 bits per heavy atom. The molecule has 0 atom stereocenters. The first-order chi connectivity index (χ1) is 8.06. The van der Waals surface area contributed by atoms with Gasteiger partial charge in [-0.1, -0.05) is 0 Å². The normalized spacial score (nSPS) is 10.4. The van der Waals surface area contributed by atoms with E-state index in [-0.39, 0.29) is 11.6 Å². The molecule has 0 saturated carbocycles. The van der Waals surface area contributed by atoms with Crippen LogP contribution in [0.2, 0.25) is 0 Å². The highest BCUT2D eigenvalue weighted by Crippen LogP contribution is 2.21. The summed E-state index contributed by atoms with van der Waals surface area (Å²) in [5.41, 5.74) is 1.09. The molecule has 0 radical (unpaired) electrons. The van der Waals surface area contributed by atoms with Gasteiger partial charge in [-0.15, -0.1) is 0 Å². The quantitative estimate of drug-likeness (QED) is 0.900. The highest BCUT2D eigenvalue weighted by atomic mass is 79.9. The fourth-order valence-corrected chi connectivity index (χ4v) is 1.67. The summed E-state index contributed by atoms with van der Waals surface area (Å²) in [4.78, 5) is 3.90. The van der Waals surface area contributed by atoms with Crippen molar-refractivity contribution in [2.75, 3.05) is 5.32 Å². The SMILES string of the molecule is Cc1cc(Nc2ncc(Br)cc2F)ccc1F. The Bertz CT molecular complexity index is 558. The van der Waals surface area contributed by atoms with Crippen LogP contribution in [0.1, 0.15) is 5.56 Å². The number of rotatable bonds is 2. The first-order valence-corrected chi connectivity index (χ1v) is 5.70. The van der Waals surface area contributed by atoms with Crippen LogP contribution in [-0.2, 0) is 0 Å². The van der Waals surface area contributed by atoms with Crippen molar-refractivity contribution < 1.29 is 8.78 Å². The Morgan fingerprint density at radius 2 is 1.94 bits per heavy atom. The van der Waals surface area contributed by atoms with Crippen LogP contribution in [0.5, 0.6) is 0 Å². The Morgan fingerprint density at radius 1 is 1.18 bits per heavy atom. The number of anilines is 2. The number of aryl methyl sites for hydroxylation is 1. The summed E-state index contributed by atoms with van der Waals surface area (Å²) in [6.45, 7) is 1.64. The number of hydrogen-bond donors (Lipinski definition) is 1. The van der Waals surface area contributed by atoms with Crippen molar-refractivity contribution in [1.29, 1.82) is 0 Å². The molecule has 1 heterocycles. The van der Waals surface area contributed by atoms with Crippen molar-refractivity contribution in [3.63, 3.8) is 0 Å². The molecular weight excluding hydrogens is 290 g/mol. The lowest BCUT2D eigenvalue weighted by Crippen LogP contribution is -1.97. The average Bonchev–Trinajstić information content (AvgIpc) is 2.27. The van der Waals surface area contributed by atoms with E-state index >= 15 is 0 Å². The maximum Gasteiger partial charge on any atom is 0.166 e. The smallest absolute Gasteiger partial charge is 0.166 e. The van der Waals surface area contributed by atoms with Crippen LogP contribution >= 0.6 is 15.9 Å². The summed E-state index contributed by atoms with van der Waals surface area (Å²) in [5, 5.41) is 2.79. The van der Waals surface area contributed by atoms with E-state index in [1.54, 1.807) is 13.0 Å². The van der Waals surface area contributed by atoms with Crippen LogP contribution in [0.4, 0.5) is 20.3 Å². The predicted octanol–water partition coefficient (Wildman–Crippen LogP) is 4.17. The number of nitrogens with zero attached hydrogens (tertiary/aromatic N) is 1. The molecule has 17 heavy (non-hydrogen) atoms. The third-order valence-electron chi connectivity index (χ3n) is 2.23. The summed E-state index contributed by atoms with van der Waals surface area (Å²) in [7, 11) is 0. The Balaban J connectivity index is 2.28. The zero-order valence-corrected chi connectivity index (χ0v) is 10.6. The van der Waals surface area contributed by atoms with Gasteiger partial charge < -0.3 is 5.32 Å². The molecule has 5 heteroatoms. The van der Waals surface area contributed by atoms with Crippen molar-refractivity contribution in [2.45, 2.75) is 6.92 Å². The largest absolute Gasteiger partial charge is 0.338 e. The minimum atomic E-state index is -0.471. The third-order valence-corrected chi connectivity index (χ3v) is 2.66. The topological polar surface area (TPSA) is 24.9 Å². The molecule has 1 aromatic heterocycles. The minimum absolute atomic E-state index is 0.110. The molecule has 0 spiro atoms. The molecule has 0 aliphatic carbocycles. The van der Waals surface area contributed by atoms with Crippen molar-refractivity contribution in [1.82, 2.24) is 4.98 Å². The lowest BCUT2D eigenvalue weighted by molar-refractivity contribution is 0.618. The summed E-state index contributed by atoms with van der Waals surface area (Å²) >= 11 is 3.12. The van der Waals surface area contributed by atoms with Gasteiger partial charge in [-0.2, -0.15) is 0 Å². The maximum absolute atomic E-state index is 13.5. The van der Waals surface area contributed by atoms with Crippen molar-refractivity contribution in [2.24, 2.45) is 0 Å². The standard InChI is InChI=1S/C12H9BrF2N2/c1-7-4-9(2-3-10(7)14)17-12-11(15)5-8(13)6-16-12/h2-6H,1H3,(H,16,17). The van der Waals surface area contributed by atoms with Gasteiger partial charge in [0.15, 0.2) is 11.6 Å². The Hall–Kier alpha value is -1.49. The molecule has 0 fully saturated rings. The van der Waals surface area contributed by atoms with Crippen molar-refractivity contribution in [3.8, 4) is 0 Å². The van der Waals surface area contributed by atoms with Gasteiger partial charge in [0, 0.05) is 16.4 Å². The maximum atomic E-state index is 13.5. The van der Waals surface area contributed by atoms with Crippen LogP contribution in [0.3, 0.4) is 0 Å². The van der Waals surface area contributed by atoms with Crippen LogP contribution in [0.25, 0.3) is 0 Å². The summed E-state index contributed by atoms with van der Waals surface area (Å²) < 4.78 is 27.1. The first kappa shape index (κ1) is 12.0. The van der Waals surface area contributed by atoms with Gasteiger partial charge in [0.05, 0.1) is 0 Å². The zero-order chi connectivity index (χ0) is 12.4. The number of halogens is 3. The average molecular weight is 299 g/mol. The Kier molecular flexibility index (Phi) is 3.38. The van der Waals surface area contributed by atoms with Gasteiger partial charge in [-0.25, -0.2) is 13.8 Å². The number of hydrogen-bond acceptors (Lipinski definition) is 2. The molecule has 1 aromatic carbocycles. The van der Waals surface area contributed by atoms with Gasteiger partial charge in [-0.3, -0.25) is 0 Å². The molecule has 0 aliphatic heterocycles. The Labute approximate surface area is 106 Å². The third kappa shape index (κ3) is 2.79. The molecule has 0 bridgehead atoms. The second-order valence-electron chi connectivity index (χ2n) is 3.57. The number of pyridine rings is 1. The van der Waals surface area contributed by atoms with Crippen molar-refractivity contribution >= 4 is 27.4 Å². The van der Waals surface area contributed by atoms with Gasteiger partial charge >= 0.3 is 0 Å². The summed E-state index contributed by atoms with van der Waals surface area (Å²) in [6, 6.07) is 5.77. The predicted molar refractivity (Wildman–Crippen MR) is 66.3 cm³/mol. The van der Waals surface area contributed by atoms with E-state index in [4.69, 9.17) is 0 Å². The fourth-order valence-electron chi connectivity index (χ4n) is 1.37. The minimum Gasteiger partial charge on any atom is -0.338 e. The fraction of sp³-hybridized carbons (Fsp3) is 0.0833. The molecular formula is C12H9BrF2N2. The van der Waals surface area contributed by atoms with E-state index in [1.807, 2.05) is 0 Å². The van der Waals surface area contributed by atoms with E-state index in [1.165, 1.54) is 24.4 Å². The zero-order valence-electron chi connectivity index (χ0n) is 8.97. The van der Waals surface area contributed by atoms with E-state index in [9.17, 15) is 8.78 Å². The molecule has 2 rings (SSSR count). The molecule has 2 aromatic rings. The molecule has 1 N–H and O–H groups in total. The summed E-state index contributed by atoms with van der Waals surface area (Å²) in [5.74, 6) is -0.652.